The number of aliphatic hydroxyl groups excluding tert-OH is 1. The van der Waals surface area contributed by atoms with Crippen LogP contribution in [0.5, 0.6) is 0 Å². The van der Waals surface area contributed by atoms with Crippen molar-refractivity contribution in [3.8, 4) is 0 Å². The summed E-state index contributed by atoms with van der Waals surface area (Å²) in [6.45, 7) is 9.73. The first kappa shape index (κ1) is 101. The Morgan fingerprint density at radius 1 is 0.272 bits per heavy atom. The molecular weight excluding hydrogens is 1340 g/mol. The minimum absolute atomic E-state index is 0.107. The van der Waals surface area contributed by atoms with Gasteiger partial charge in [-0.3, -0.25) is 37.3 Å². The molecule has 0 fully saturated rings. The largest absolute Gasteiger partial charge is 0.472 e. The van der Waals surface area contributed by atoms with Crippen LogP contribution in [0.15, 0.2) is 0 Å². The van der Waals surface area contributed by atoms with Crippen LogP contribution >= 0.6 is 15.6 Å². The number of aliphatic hydroxyl groups is 1. The molecule has 0 spiro atoms. The molecule has 103 heavy (non-hydrogen) atoms. The van der Waals surface area contributed by atoms with Crippen molar-refractivity contribution in [1.82, 2.24) is 0 Å². The number of rotatable bonds is 83. The summed E-state index contributed by atoms with van der Waals surface area (Å²) in [7, 11) is -9.92. The Hall–Kier alpha value is -1.94. The van der Waals surface area contributed by atoms with Gasteiger partial charge in [-0.15, -0.1) is 0 Å². The van der Waals surface area contributed by atoms with Gasteiger partial charge in [0.25, 0.3) is 0 Å². The van der Waals surface area contributed by atoms with Crippen molar-refractivity contribution in [2.24, 2.45) is 11.8 Å². The van der Waals surface area contributed by atoms with Crippen LogP contribution in [0.3, 0.4) is 0 Å². The van der Waals surface area contributed by atoms with Crippen molar-refractivity contribution in [3.05, 3.63) is 0 Å². The smallest absolute Gasteiger partial charge is 0.462 e. The first-order chi connectivity index (χ1) is 49.9. The van der Waals surface area contributed by atoms with E-state index in [0.717, 1.165) is 102 Å². The summed E-state index contributed by atoms with van der Waals surface area (Å²) in [5, 5.41) is 10.7. The van der Waals surface area contributed by atoms with Gasteiger partial charge in [0.15, 0.2) is 12.2 Å². The number of hydrogen-bond acceptors (Lipinski definition) is 15. The number of unbranched alkanes of at least 4 members (excludes halogenated alkanes) is 51. The van der Waals surface area contributed by atoms with E-state index < -0.39 is 97.5 Å². The standard InChI is InChI=1S/C84H164O17P2/c1-7-11-13-15-17-19-21-22-23-24-25-26-27-28-33-37-44-50-56-62-68-83(88)100-79(73-95-82(87)67-61-55-49-43-36-32-30-29-31-35-40-46-52-58-64-76(5)9-3)74-98-102(90,91)96-70-78(85)71-97-103(92,93)99-75-80(72-94-81(86)66-60-54-48-42-34-20-18-16-14-12-8-2)101-84(89)69-63-57-51-45-39-38-41-47-53-59-65-77(6)10-4/h76-80,85H,7-75H2,1-6H3,(H,90,91)(H,92,93)/t76?,77?,78-,79-,80-/m1/s1. The molecular formula is C84H164O17P2. The highest BCUT2D eigenvalue weighted by Crippen LogP contribution is 2.45. The van der Waals surface area contributed by atoms with Crippen LogP contribution < -0.4 is 0 Å². The van der Waals surface area contributed by atoms with Crippen LogP contribution in [0.2, 0.25) is 0 Å². The number of esters is 4. The lowest BCUT2D eigenvalue weighted by Gasteiger charge is -2.21. The quantitative estimate of drug-likeness (QED) is 0.0222. The average molecular weight is 1510 g/mol. The van der Waals surface area contributed by atoms with E-state index in [1.165, 1.54) is 263 Å². The second-order valence-electron chi connectivity index (χ2n) is 30.7. The molecule has 0 aromatic heterocycles. The zero-order valence-corrected chi connectivity index (χ0v) is 69.4. The highest BCUT2D eigenvalue weighted by atomic mass is 31.2. The van der Waals surface area contributed by atoms with Gasteiger partial charge in [0.2, 0.25) is 0 Å². The van der Waals surface area contributed by atoms with Crippen molar-refractivity contribution in [3.63, 3.8) is 0 Å². The van der Waals surface area contributed by atoms with Crippen LogP contribution in [-0.4, -0.2) is 96.7 Å². The fourth-order valence-corrected chi connectivity index (χ4v) is 14.6. The maximum Gasteiger partial charge on any atom is 0.472 e. The number of ether oxygens (including phenoxy) is 4. The number of phosphoric ester groups is 2. The molecule has 19 heteroatoms. The Morgan fingerprint density at radius 3 is 0.689 bits per heavy atom. The number of phosphoric acid groups is 2. The summed E-state index contributed by atoms with van der Waals surface area (Å²) >= 11 is 0. The summed E-state index contributed by atoms with van der Waals surface area (Å²) in [4.78, 5) is 73.2. The molecule has 7 atom stereocenters. The summed E-state index contributed by atoms with van der Waals surface area (Å²) in [6.07, 6.45) is 66.4. The summed E-state index contributed by atoms with van der Waals surface area (Å²) in [5.41, 5.74) is 0. The molecule has 3 N–H and O–H groups in total. The van der Waals surface area contributed by atoms with Crippen LogP contribution in [0.4, 0.5) is 0 Å². The van der Waals surface area contributed by atoms with E-state index in [1.807, 2.05) is 0 Å². The Kier molecular flexibility index (Phi) is 74.1. The van der Waals surface area contributed by atoms with Crippen LogP contribution in [-0.2, 0) is 65.4 Å². The molecule has 612 valence electrons. The summed E-state index contributed by atoms with van der Waals surface area (Å²) in [6, 6.07) is 0. The monoisotopic (exact) mass is 1510 g/mol. The van der Waals surface area contributed by atoms with E-state index in [0.29, 0.717) is 25.7 Å². The van der Waals surface area contributed by atoms with Gasteiger partial charge >= 0.3 is 39.5 Å². The minimum atomic E-state index is -4.96. The molecule has 0 saturated carbocycles. The first-order valence-electron chi connectivity index (χ1n) is 43.6. The van der Waals surface area contributed by atoms with Gasteiger partial charge < -0.3 is 33.8 Å². The highest BCUT2D eigenvalue weighted by Gasteiger charge is 2.30. The lowest BCUT2D eigenvalue weighted by atomic mass is 9.99. The van der Waals surface area contributed by atoms with Gasteiger partial charge in [0.1, 0.15) is 19.3 Å². The SMILES string of the molecule is CCCCCCCCCCCCCCCCCCCCCCC(=O)O[C@H](COC(=O)CCCCCCCCCCCCCCCCC(C)CC)COP(=O)(O)OC[C@@H](O)COP(=O)(O)OC[C@@H](COC(=O)CCCCCCCCCCCCC)OC(=O)CCCCCCCCCCCCC(C)CC. The maximum atomic E-state index is 13.1. The van der Waals surface area contributed by atoms with Crippen molar-refractivity contribution < 1.29 is 80.2 Å². The molecule has 0 bridgehead atoms. The van der Waals surface area contributed by atoms with E-state index >= 15 is 0 Å². The minimum Gasteiger partial charge on any atom is -0.462 e. The maximum absolute atomic E-state index is 13.1. The third-order valence-electron chi connectivity index (χ3n) is 20.4. The molecule has 0 aromatic carbocycles. The van der Waals surface area contributed by atoms with Crippen LogP contribution in [0.1, 0.15) is 446 Å². The second-order valence-corrected chi connectivity index (χ2v) is 33.6. The van der Waals surface area contributed by atoms with Gasteiger partial charge in [-0.1, -0.05) is 395 Å². The van der Waals surface area contributed by atoms with Crippen LogP contribution in [0, 0.1) is 11.8 Å². The van der Waals surface area contributed by atoms with Gasteiger partial charge in [-0.25, -0.2) is 9.13 Å². The number of carbonyl (C=O) groups is 4. The zero-order chi connectivity index (χ0) is 75.6. The third kappa shape index (κ3) is 75.3. The van der Waals surface area contributed by atoms with Gasteiger partial charge in [0, 0.05) is 25.7 Å². The molecule has 0 saturated heterocycles. The molecule has 0 aromatic rings. The van der Waals surface area contributed by atoms with Gasteiger partial charge in [-0.05, 0) is 37.5 Å². The van der Waals surface area contributed by atoms with E-state index in [9.17, 15) is 43.2 Å². The molecule has 0 heterocycles. The fourth-order valence-electron chi connectivity index (χ4n) is 13.0. The van der Waals surface area contributed by atoms with Gasteiger partial charge in [-0.2, -0.15) is 0 Å². The number of hydrogen-bond donors (Lipinski definition) is 3. The Labute approximate surface area is 632 Å². The molecule has 4 unspecified atom stereocenters. The molecule has 0 aliphatic heterocycles. The Morgan fingerprint density at radius 2 is 0.466 bits per heavy atom. The lowest BCUT2D eigenvalue weighted by Crippen LogP contribution is -2.30. The normalized spacial score (nSPS) is 14.4. The van der Waals surface area contributed by atoms with Crippen LogP contribution in [0.25, 0.3) is 0 Å². The van der Waals surface area contributed by atoms with Gasteiger partial charge in [0.05, 0.1) is 26.4 Å². The third-order valence-corrected chi connectivity index (χ3v) is 22.3. The van der Waals surface area contributed by atoms with Crippen molar-refractivity contribution in [2.45, 2.75) is 464 Å². The zero-order valence-electron chi connectivity index (χ0n) is 67.6. The average Bonchev–Trinajstić information content (AvgIpc) is 0.929. The summed E-state index contributed by atoms with van der Waals surface area (Å²) < 4.78 is 68.8. The number of carbonyl (C=O) groups excluding carboxylic acids is 4. The molecule has 0 amide bonds. The fraction of sp³-hybridized carbons (Fsp3) is 0.952. The molecule has 0 rings (SSSR count). The van der Waals surface area contributed by atoms with E-state index in [1.54, 1.807) is 0 Å². The molecule has 17 nitrogen and oxygen atoms in total. The molecule has 0 aliphatic rings. The summed E-state index contributed by atoms with van der Waals surface area (Å²) in [5.74, 6) is -0.451. The molecule has 0 aliphatic carbocycles. The van der Waals surface area contributed by atoms with E-state index in [2.05, 4.69) is 41.5 Å². The van der Waals surface area contributed by atoms with Crippen molar-refractivity contribution in [2.75, 3.05) is 39.6 Å². The Bertz CT molecular complexity index is 1980. The highest BCUT2D eigenvalue weighted by molar-refractivity contribution is 7.47. The van der Waals surface area contributed by atoms with E-state index in [-0.39, 0.29) is 25.7 Å². The van der Waals surface area contributed by atoms with Crippen molar-refractivity contribution in [1.29, 1.82) is 0 Å². The first-order valence-corrected chi connectivity index (χ1v) is 46.6. The Balaban J connectivity index is 5.25. The predicted molar refractivity (Wildman–Crippen MR) is 423 cm³/mol. The van der Waals surface area contributed by atoms with Crippen molar-refractivity contribution >= 4 is 39.5 Å². The predicted octanol–water partition coefficient (Wildman–Crippen LogP) is 25.5. The lowest BCUT2D eigenvalue weighted by molar-refractivity contribution is -0.161. The topological polar surface area (TPSA) is 237 Å². The van der Waals surface area contributed by atoms with E-state index in [4.69, 9.17) is 37.0 Å². The molecule has 0 radical (unpaired) electrons. The second kappa shape index (κ2) is 75.5.